The van der Waals surface area contributed by atoms with Crippen LogP contribution in [0.4, 0.5) is 21.7 Å². The Kier molecular flexibility index (Phi) is 12.9. The molecule has 2 unspecified atom stereocenters. The Labute approximate surface area is 266 Å². The smallest absolute Gasteiger partial charge is 0.256 e. The van der Waals surface area contributed by atoms with Crippen molar-refractivity contribution in [3.63, 3.8) is 0 Å². The van der Waals surface area contributed by atoms with Crippen molar-refractivity contribution in [1.29, 1.82) is 0 Å². The second-order valence-electron chi connectivity index (χ2n) is 10.7. The summed E-state index contributed by atoms with van der Waals surface area (Å²) in [4.78, 5) is 24.3. The number of halogens is 1. The zero-order valence-corrected chi connectivity index (χ0v) is 27.9. The molecule has 0 radical (unpaired) electrons. The Morgan fingerprint density at radius 1 is 1.20 bits per heavy atom. The number of hydrogen-bond donors (Lipinski definition) is 1. The van der Waals surface area contributed by atoms with Crippen LogP contribution in [-0.2, 0) is 17.8 Å². The van der Waals surface area contributed by atoms with Gasteiger partial charge in [-0.25, -0.2) is 9.37 Å². The normalized spacial score (nSPS) is 17.1. The average Bonchev–Trinajstić information content (AvgIpc) is 3.42. The minimum Gasteiger partial charge on any atom is -0.351 e. The number of likely N-dealkylation sites (tertiary alicyclic amines) is 1. The maximum atomic E-state index is 13.5. The summed E-state index contributed by atoms with van der Waals surface area (Å²) in [6, 6.07) is 16.9. The first-order chi connectivity index (χ1) is 21.4. The lowest BCUT2D eigenvalue weighted by Gasteiger charge is -2.42. The van der Waals surface area contributed by atoms with Crippen molar-refractivity contribution in [1.82, 2.24) is 14.5 Å². The van der Waals surface area contributed by atoms with Crippen LogP contribution < -0.4 is 20.7 Å². The second-order valence-corrected chi connectivity index (χ2v) is 14.8. The lowest BCUT2D eigenvalue weighted by molar-refractivity contribution is 0.163. The van der Waals surface area contributed by atoms with Crippen molar-refractivity contribution in [2.45, 2.75) is 58.7 Å². The first kappa shape index (κ1) is 33.8. The van der Waals surface area contributed by atoms with Gasteiger partial charge in [0.2, 0.25) is 5.95 Å². The Bertz CT molecular complexity index is 1440. The third kappa shape index (κ3) is 8.74. The predicted octanol–water partition coefficient (Wildman–Crippen LogP) is 7.11. The van der Waals surface area contributed by atoms with E-state index < -0.39 is 7.35 Å². The summed E-state index contributed by atoms with van der Waals surface area (Å²) in [5.74, 6) is 1.49. The molecule has 2 aliphatic rings. The van der Waals surface area contributed by atoms with Crippen molar-refractivity contribution >= 4 is 36.1 Å². The van der Waals surface area contributed by atoms with Crippen molar-refractivity contribution in [3.05, 3.63) is 101 Å². The summed E-state index contributed by atoms with van der Waals surface area (Å²) < 4.78 is 21.2. The highest BCUT2D eigenvalue weighted by Gasteiger charge is 2.36. The van der Waals surface area contributed by atoms with Crippen LogP contribution in [0.1, 0.15) is 38.7 Å². The lowest BCUT2D eigenvalue weighted by Crippen LogP contribution is -2.55. The summed E-state index contributed by atoms with van der Waals surface area (Å²) >= 11 is 1.81. The molecular weight excluding hydrogens is 594 g/mol. The number of piperidine rings is 1. The van der Waals surface area contributed by atoms with Crippen LogP contribution in [0.15, 0.2) is 84.0 Å². The van der Waals surface area contributed by atoms with E-state index in [-0.39, 0.29) is 30.4 Å². The van der Waals surface area contributed by atoms with E-state index in [1.807, 2.05) is 43.6 Å². The summed E-state index contributed by atoms with van der Waals surface area (Å²) in [7, 11) is 1.38. The highest BCUT2D eigenvalue weighted by molar-refractivity contribution is 8.54. The minimum atomic E-state index is -0.651. The molecule has 1 fully saturated rings. The number of hydrogen-bond acceptors (Lipinski definition) is 8. The highest BCUT2D eigenvalue weighted by atomic mass is 32.7. The molecule has 3 aromatic rings. The van der Waals surface area contributed by atoms with Gasteiger partial charge in [0.05, 0.1) is 18.7 Å². The van der Waals surface area contributed by atoms with E-state index >= 15 is 0 Å². The molecule has 1 aromatic heterocycles. The van der Waals surface area contributed by atoms with E-state index in [0.29, 0.717) is 12.5 Å². The van der Waals surface area contributed by atoms with E-state index in [1.165, 1.54) is 18.2 Å². The van der Waals surface area contributed by atoms with Gasteiger partial charge in [-0.1, -0.05) is 37.8 Å². The van der Waals surface area contributed by atoms with Gasteiger partial charge in [0.15, 0.2) is 6.29 Å². The van der Waals surface area contributed by atoms with E-state index in [1.54, 1.807) is 16.8 Å². The molecule has 0 aliphatic carbocycles. The Balaban J connectivity index is 0.00000104. The van der Waals surface area contributed by atoms with Crippen molar-refractivity contribution in [3.8, 4) is 0 Å². The summed E-state index contributed by atoms with van der Waals surface area (Å²) in [5, 5.41) is 3.71. The molecule has 236 valence electrons. The van der Waals surface area contributed by atoms with Gasteiger partial charge in [-0.05, 0) is 74.5 Å². The fourth-order valence-corrected chi connectivity index (χ4v) is 7.82. The van der Waals surface area contributed by atoms with E-state index in [0.717, 1.165) is 55.0 Å². The molecular formula is C33H44FN6O2PS. The van der Waals surface area contributed by atoms with Crippen LogP contribution in [0.25, 0.3) is 0 Å². The van der Waals surface area contributed by atoms with Crippen LogP contribution in [-0.4, -0.2) is 59.3 Å². The number of anilines is 3. The molecule has 2 aliphatic heterocycles. The number of allylic oxidation sites excluding steroid dienone is 1. The minimum absolute atomic E-state index is 0.0135. The Morgan fingerprint density at radius 3 is 2.59 bits per heavy atom. The molecule has 1 N–H and O–H groups in total. The van der Waals surface area contributed by atoms with Gasteiger partial charge in [-0.15, -0.1) is 17.1 Å². The molecule has 0 amide bonds. The number of para-hydroxylation sites is 2. The van der Waals surface area contributed by atoms with Crippen molar-refractivity contribution in [2.75, 3.05) is 47.7 Å². The first-order valence-corrected chi connectivity index (χ1v) is 18.3. The highest BCUT2D eigenvalue weighted by Crippen LogP contribution is 2.47. The molecule has 44 heavy (non-hydrogen) atoms. The van der Waals surface area contributed by atoms with Crippen LogP contribution in [0.2, 0.25) is 0 Å². The van der Waals surface area contributed by atoms with Gasteiger partial charge in [0.1, 0.15) is 12.5 Å². The summed E-state index contributed by atoms with van der Waals surface area (Å²) in [6.45, 7) is 12.1. The van der Waals surface area contributed by atoms with Crippen molar-refractivity contribution in [2.24, 2.45) is 0 Å². The molecule has 8 nitrogen and oxygen atoms in total. The number of aromatic nitrogens is 2. The van der Waals surface area contributed by atoms with Gasteiger partial charge in [-0.3, -0.25) is 14.3 Å². The fraction of sp³-hybridized carbons (Fsp3) is 0.424. The maximum absolute atomic E-state index is 13.5. The quantitative estimate of drug-likeness (QED) is 0.176. The zero-order valence-electron chi connectivity index (χ0n) is 26.2. The van der Waals surface area contributed by atoms with Crippen molar-refractivity contribution < 1.29 is 8.91 Å². The van der Waals surface area contributed by atoms with Gasteiger partial charge in [-0.2, -0.15) is 0 Å². The number of rotatable bonds is 11. The number of nitrogens with one attached hydrogen (secondary N) is 1. The van der Waals surface area contributed by atoms with E-state index in [2.05, 4.69) is 69.1 Å². The van der Waals surface area contributed by atoms with Gasteiger partial charge < -0.3 is 19.6 Å². The Morgan fingerprint density at radius 2 is 1.91 bits per heavy atom. The van der Waals surface area contributed by atoms with Crippen LogP contribution in [0, 0.1) is 5.82 Å². The second kappa shape index (κ2) is 16.8. The van der Waals surface area contributed by atoms with Crippen LogP contribution in [0.5, 0.6) is 0 Å². The number of nitrogens with zero attached hydrogens (tertiary/aromatic N) is 5. The molecule has 5 rings (SSSR count). The monoisotopic (exact) mass is 638 g/mol. The van der Waals surface area contributed by atoms with Gasteiger partial charge in [0, 0.05) is 45.0 Å². The predicted molar refractivity (Wildman–Crippen MR) is 184 cm³/mol. The molecule has 0 spiro atoms. The first-order valence-electron chi connectivity index (χ1n) is 15.1. The average molecular weight is 639 g/mol. The third-order valence-electron chi connectivity index (χ3n) is 7.73. The summed E-state index contributed by atoms with van der Waals surface area (Å²) in [5.41, 5.74) is 5.79. The van der Waals surface area contributed by atoms with E-state index in [4.69, 9.17) is 4.52 Å². The number of fused-ring (bicyclic) bond motifs is 1. The number of benzene rings is 2. The fourth-order valence-electron chi connectivity index (χ4n) is 5.35. The molecule has 0 saturated carbocycles. The van der Waals surface area contributed by atoms with Gasteiger partial charge in [0.25, 0.3) is 5.56 Å². The third-order valence-corrected chi connectivity index (χ3v) is 11.1. The maximum Gasteiger partial charge on any atom is 0.256 e. The van der Waals surface area contributed by atoms with Gasteiger partial charge >= 0.3 is 0 Å². The molecule has 3 heterocycles. The molecule has 1 saturated heterocycles. The molecule has 2 atom stereocenters. The molecule has 11 heteroatoms. The topological polar surface area (TPSA) is 65.9 Å². The standard InChI is InChI=1S/C29H38FN6O2PS.C4H6/c1-4-19-40-39(3)38-21-36-27(37)13-16-31-28(36)33(2)24-14-17-34(18-15-24)29-32-25-7-5-6-8-26(25)35(29)20-22-9-11-23(30)12-10-22;1-3-4-2/h5-13,16,24,29,32H,4,14-15,17-21H2,1-3H3;4H,1H2,2H3. The summed E-state index contributed by atoms with van der Waals surface area (Å²) in [6.07, 6.45) is 6.35. The Hall–Kier alpha value is -3.13. The molecule has 2 aromatic carbocycles. The molecule has 0 bridgehead atoms. The van der Waals surface area contributed by atoms with Crippen LogP contribution >= 0.6 is 18.7 Å². The van der Waals surface area contributed by atoms with Crippen LogP contribution in [0.3, 0.4) is 0 Å². The largest absolute Gasteiger partial charge is 0.351 e. The zero-order chi connectivity index (χ0) is 31.5. The SMILES string of the molecule is C=C=CC.CCCSP(C)OCn1c(N(C)C2CCN(C3Nc4ccccc4N3Cc3ccc(F)cc3)CC2)nccc1=O. The lowest BCUT2D eigenvalue weighted by atomic mass is 10.0. The van der Waals surface area contributed by atoms with E-state index in [9.17, 15) is 9.18 Å².